The predicted molar refractivity (Wildman–Crippen MR) is 75.4 cm³/mol. The maximum Gasteiger partial charge on any atom is 0.270 e. The standard InChI is InChI=1S/C12H18ClN3O.ClH/c13-9-7-11(15-8-9)12(17)16-6-2-1-3-10(16)4-5-14;/h7-8,10,15H,1-6,14H2;1H. The molecule has 0 aliphatic carbocycles. The van der Waals surface area contributed by atoms with Crippen LogP contribution in [-0.2, 0) is 0 Å². The smallest absolute Gasteiger partial charge is 0.270 e. The van der Waals surface area contributed by atoms with Crippen molar-refractivity contribution in [1.82, 2.24) is 9.88 Å². The first-order valence-corrected chi connectivity index (χ1v) is 6.45. The lowest BCUT2D eigenvalue weighted by atomic mass is 9.99. The number of hydrogen-bond acceptors (Lipinski definition) is 2. The van der Waals surface area contributed by atoms with Crippen molar-refractivity contribution in [3.8, 4) is 0 Å². The number of aromatic nitrogens is 1. The van der Waals surface area contributed by atoms with Gasteiger partial charge in [-0.1, -0.05) is 11.6 Å². The number of carbonyl (C=O) groups excluding carboxylic acids is 1. The van der Waals surface area contributed by atoms with E-state index in [2.05, 4.69) is 4.98 Å². The number of halogens is 2. The Bertz CT molecular complexity index is 392. The van der Waals surface area contributed by atoms with E-state index in [-0.39, 0.29) is 24.4 Å². The molecule has 0 spiro atoms. The summed E-state index contributed by atoms with van der Waals surface area (Å²) in [6.45, 7) is 1.44. The van der Waals surface area contributed by atoms with Crippen molar-refractivity contribution in [3.63, 3.8) is 0 Å². The summed E-state index contributed by atoms with van der Waals surface area (Å²) in [6.07, 6.45) is 5.81. The van der Waals surface area contributed by atoms with E-state index in [1.165, 1.54) is 6.42 Å². The molecule has 0 aromatic carbocycles. The van der Waals surface area contributed by atoms with Gasteiger partial charge in [-0.2, -0.15) is 0 Å². The van der Waals surface area contributed by atoms with Crippen LogP contribution in [0.5, 0.6) is 0 Å². The van der Waals surface area contributed by atoms with Gasteiger partial charge in [0.2, 0.25) is 0 Å². The van der Waals surface area contributed by atoms with Crippen LogP contribution in [0.15, 0.2) is 12.3 Å². The third-order valence-corrected chi connectivity index (χ3v) is 3.48. The average molecular weight is 292 g/mol. The van der Waals surface area contributed by atoms with E-state index in [1.807, 2.05) is 4.90 Å². The molecule has 6 heteroatoms. The summed E-state index contributed by atoms with van der Waals surface area (Å²) in [4.78, 5) is 17.1. The summed E-state index contributed by atoms with van der Waals surface area (Å²) >= 11 is 5.82. The molecule has 18 heavy (non-hydrogen) atoms. The molecule has 102 valence electrons. The van der Waals surface area contributed by atoms with Gasteiger partial charge in [-0.05, 0) is 38.3 Å². The second kappa shape index (κ2) is 7.02. The second-order valence-electron chi connectivity index (χ2n) is 4.46. The molecule has 2 heterocycles. The molecule has 1 unspecified atom stereocenters. The fourth-order valence-corrected chi connectivity index (χ4v) is 2.57. The van der Waals surface area contributed by atoms with Crippen molar-refractivity contribution < 1.29 is 4.79 Å². The average Bonchev–Trinajstić information content (AvgIpc) is 2.76. The number of hydrogen-bond donors (Lipinski definition) is 2. The molecule has 1 fully saturated rings. The first kappa shape index (κ1) is 15.3. The quantitative estimate of drug-likeness (QED) is 0.898. The highest BCUT2D eigenvalue weighted by Crippen LogP contribution is 2.22. The summed E-state index contributed by atoms with van der Waals surface area (Å²) in [5.41, 5.74) is 6.17. The van der Waals surface area contributed by atoms with E-state index in [0.717, 1.165) is 25.8 Å². The molecule has 1 aliphatic heterocycles. The summed E-state index contributed by atoms with van der Waals surface area (Å²) in [7, 11) is 0. The van der Waals surface area contributed by atoms with Gasteiger partial charge in [0, 0.05) is 18.8 Å². The first-order valence-electron chi connectivity index (χ1n) is 6.07. The van der Waals surface area contributed by atoms with Crippen LogP contribution in [0.1, 0.15) is 36.2 Å². The van der Waals surface area contributed by atoms with E-state index in [9.17, 15) is 4.79 Å². The molecule has 1 amide bonds. The van der Waals surface area contributed by atoms with Crippen LogP contribution in [-0.4, -0.2) is 34.9 Å². The third-order valence-electron chi connectivity index (χ3n) is 3.27. The monoisotopic (exact) mass is 291 g/mol. The Kier molecular flexibility index (Phi) is 5.99. The highest BCUT2D eigenvalue weighted by Gasteiger charge is 2.27. The van der Waals surface area contributed by atoms with E-state index in [1.54, 1.807) is 12.3 Å². The number of piperidine rings is 1. The van der Waals surface area contributed by atoms with Crippen molar-refractivity contribution in [2.75, 3.05) is 13.1 Å². The largest absolute Gasteiger partial charge is 0.356 e. The molecular formula is C12H19Cl2N3O. The van der Waals surface area contributed by atoms with E-state index in [4.69, 9.17) is 17.3 Å². The maximum absolute atomic E-state index is 12.3. The highest BCUT2D eigenvalue weighted by atomic mass is 35.5. The Hall–Kier alpha value is -0.710. The number of likely N-dealkylation sites (tertiary alicyclic amines) is 1. The SMILES string of the molecule is Cl.NCCC1CCCCN1C(=O)c1cc(Cl)c[nH]1. The van der Waals surface area contributed by atoms with Gasteiger partial charge in [-0.3, -0.25) is 4.79 Å². The van der Waals surface area contributed by atoms with Gasteiger partial charge < -0.3 is 15.6 Å². The van der Waals surface area contributed by atoms with Crippen LogP contribution in [0.2, 0.25) is 5.02 Å². The van der Waals surface area contributed by atoms with Gasteiger partial charge >= 0.3 is 0 Å². The minimum atomic E-state index is 0. The Morgan fingerprint density at radius 2 is 2.33 bits per heavy atom. The molecule has 1 aliphatic rings. The van der Waals surface area contributed by atoms with Gasteiger partial charge in [0.05, 0.1) is 5.02 Å². The number of amides is 1. The van der Waals surface area contributed by atoms with Crippen molar-refractivity contribution in [2.24, 2.45) is 5.73 Å². The minimum Gasteiger partial charge on any atom is -0.356 e. The van der Waals surface area contributed by atoms with Crippen LogP contribution in [0.25, 0.3) is 0 Å². The number of H-pyrrole nitrogens is 1. The van der Waals surface area contributed by atoms with Crippen molar-refractivity contribution >= 4 is 29.9 Å². The minimum absolute atomic E-state index is 0. The molecule has 1 aromatic heterocycles. The fourth-order valence-electron chi connectivity index (χ4n) is 2.41. The molecule has 2 rings (SSSR count). The number of aromatic amines is 1. The van der Waals surface area contributed by atoms with Crippen molar-refractivity contribution in [1.29, 1.82) is 0 Å². The Labute approximate surface area is 118 Å². The van der Waals surface area contributed by atoms with Gasteiger partial charge in [-0.25, -0.2) is 0 Å². The topological polar surface area (TPSA) is 62.1 Å². The molecule has 3 N–H and O–H groups in total. The van der Waals surface area contributed by atoms with Crippen LogP contribution >= 0.6 is 24.0 Å². The predicted octanol–water partition coefficient (Wildman–Crippen LogP) is 2.43. The van der Waals surface area contributed by atoms with Gasteiger partial charge in [-0.15, -0.1) is 12.4 Å². The van der Waals surface area contributed by atoms with Crippen LogP contribution in [0.4, 0.5) is 0 Å². The zero-order chi connectivity index (χ0) is 12.3. The first-order chi connectivity index (χ1) is 8.22. The number of nitrogens with two attached hydrogens (primary N) is 1. The molecule has 0 saturated carbocycles. The van der Waals surface area contributed by atoms with Crippen LogP contribution < -0.4 is 5.73 Å². The zero-order valence-electron chi connectivity index (χ0n) is 10.2. The van der Waals surface area contributed by atoms with Gasteiger partial charge in [0.25, 0.3) is 5.91 Å². The van der Waals surface area contributed by atoms with Crippen molar-refractivity contribution in [2.45, 2.75) is 31.7 Å². The van der Waals surface area contributed by atoms with Crippen molar-refractivity contribution in [3.05, 3.63) is 23.0 Å². The number of nitrogens with zero attached hydrogens (tertiary/aromatic N) is 1. The van der Waals surface area contributed by atoms with E-state index >= 15 is 0 Å². The summed E-state index contributed by atoms with van der Waals surface area (Å²) < 4.78 is 0. The Balaban J connectivity index is 0.00000162. The Morgan fingerprint density at radius 3 is 2.94 bits per heavy atom. The molecule has 1 aromatic rings. The van der Waals surface area contributed by atoms with Crippen LogP contribution in [0, 0.1) is 0 Å². The van der Waals surface area contributed by atoms with Crippen LogP contribution in [0.3, 0.4) is 0 Å². The lowest BCUT2D eigenvalue weighted by Crippen LogP contribution is -2.44. The lowest BCUT2D eigenvalue weighted by Gasteiger charge is -2.35. The lowest BCUT2D eigenvalue weighted by molar-refractivity contribution is 0.0599. The summed E-state index contributed by atoms with van der Waals surface area (Å²) in [5.74, 6) is 0.0371. The fraction of sp³-hybridized carbons (Fsp3) is 0.583. The summed E-state index contributed by atoms with van der Waals surface area (Å²) in [6, 6.07) is 1.96. The number of carbonyl (C=O) groups is 1. The molecule has 0 bridgehead atoms. The van der Waals surface area contributed by atoms with E-state index < -0.39 is 0 Å². The normalized spacial score (nSPS) is 19.4. The zero-order valence-corrected chi connectivity index (χ0v) is 11.8. The van der Waals surface area contributed by atoms with E-state index in [0.29, 0.717) is 17.3 Å². The van der Waals surface area contributed by atoms with Gasteiger partial charge in [0.1, 0.15) is 5.69 Å². The summed E-state index contributed by atoms with van der Waals surface area (Å²) in [5, 5.41) is 0.570. The highest BCUT2D eigenvalue weighted by molar-refractivity contribution is 6.30. The molecule has 0 radical (unpaired) electrons. The number of nitrogens with one attached hydrogen (secondary N) is 1. The molecule has 4 nitrogen and oxygen atoms in total. The maximum atomic E-state index is 12.3. The van der Waals surface area contributed by atoms with Gasteiger partial charge in [0.15, 0.2) is 0 Å². The molecule has 1 atom stereocenters. The molecule has 1 saturated heterocycles. The number of rotatable bonds is 3. The second-order valence-corrected chi connectivity index (χ2v) is 4.89. The third kappa shape index (κ3) is 3.40. The Morgan fingerprint density at radius 1 is 1.56 bits per heavy atom. The molecular weight excluding hydrogens is 273 g/mol.